The summed E-state index contributed by atoms with van der Waals surface area (Å²) in [5.74, 6) is -1.99. The molecule has 0 aliphatic heterocycles. The highest BCUT2D eigenvalue weighted by molar-refractivity contribution is 7.14. The number of hydrogen-bond acceptors (Lipinski definition) is 14. The van der Waals surface area contributed by atoms with Gasteiger partial charge in [-0.25, -0.2) is 29.0 Å². The molecule has 2 heterocycles. The van der Waals surface area contributed by atoms with Crippen molar-refractivity contribution in [2.24, 2.45) is 5.16 Å². The Morgan fingerprint density at radius 3 is 1.90 bits per heavy atom. The number of carboxylic acid groups (broad SMARTS) is 1. The fourth-order valence-corrected chi connectivity index (χ4v) is 5.62. The monoisotopic (exact) mass is 874 g/mol. The summed E-state index contributed by atoms with van der Waals surface area (Å²) in [7, 11) is 0. The summed E-state index contributed by atoms with van der Waals surface area (Å²) in [4.78, 5) is 71.5. The van der Waals surface area contributed by atoms with Gasteiger partial charge in [0.25, 0.3) is 6.10 Å². The predicted octanol–water partition coefficient (Wildman–Crippen LogP) is 6.28. The predicted molar refractivity (Wildman–Crippen MR) is 226 cm³/mol. The third kappa shape index (κ3) is 18.9. The summed E-state index contributed by atoms with van der Waals surface area (Å²) < 4.78 is 31.2. The Morgan fingerprint density at radius 1 is 0.787 bits per heavy atom. The molecular weight excluding hydrogens is 815 g/mol. The van der Waals surface area contributed by atoms with E-state index in [0.29, 0.717) is 38.3 Å². The van der Waals surface area contributed by atoms with E-state index >= 15 is 0 Å². The molecule has 0 aliphatic carbocycles. The average molecular weight is 875 g/mol. The largest absolute Gasteiger partial charge is 0.489 e. The molecule has 3 aromatic rings. The second-order valence-electron chi connectivity index (χ2n) is 17.6. The highest BCUT2D eigenvalue weighted by Gasteiger charge is 2.30. The number of esters is 1. The number of alkyl carbamates (subject to hydrolysis) is 2. The van der Waals surface area contributed by atoms with Gasteiger partial charge >= 0.3 is 30.2 Å². The molecule has 1 atom stereocenters. The Bertz CT molecular complexity index is 2000. The number of amides is 3. The van der Waals surface area contributed by atoms with E-state index in [1.165, 1.54) is 5.38 Å². The number of ether oxygens (including phenoxy) is 5. The fourth-order valence-electron chi connectivity index (χ4n) is 4.94. The molecule has 0 bridgehead atoms. The van der Waals surface area contributed by atoms with Crippen LogP contribution in [0.4, 0.5) is 19.5 Å². The highest BCUT2D eigenvalue weighted by atomic mass is 32.1. The third-order valence-corrected chi connectivity index (χ3v) is 7.99. The van der Waals surface area contributed by atoms with Crippen LogP contribution in [0.15, 0.2) is 47.2 Å². The SMILES string of the molecule is CC(C)(C)OC(=O)NCCC[n+]1cc(-c2ccc(OCC(ON=C(C(=O)O)c3csc(NC(=O)OC(C)(C)C)n3)C(=O)OC(C)(C)C)cc2)cn1CCNC(=O)OC(C)(C)C. The van der Waals surface area contributed by atoms with Crippen molar-refractivity contribution in [2.75, 3.05) is 25.0 Å². The van der Waals surface area contributed by atoms with Crippen molar-refractivity contribution >= 4 is 52.4 Å². The summed E-state index contributed by atoms with van der Waals surface area (Å²) in [6.07, 6.45) is 1.17. The van der Waals surface area contributed by atoms with Crippen LogP contribution in [0.3, 0.4) is 0 Å². The van der Waals surface area contributed by atoms with Gasteiger partial charge < -0.3 is 44.3 Å². The molecule has 20 heteroatoms. The normalized spacial score (nSPS) is 12.8. The molecule has 3 amide bonds. The van der Waals surface area contributed by atoms with Crippen LogP contribution in [0, 0.1) is 0 Å². The van der Waals surface area contributed by atoms with E-state index < -0.39 is 71.0 Å². The second-order valence-corrected chi connectivity index (χ2v) is 18.5. The lowest BCUT2D eigenvalue weighted by Crippen LogP contribution is -2.45. The molecule has 0 fully saturated rings. The van der Waals surface area contributed by atoms with Crippen LogP contribution in [0.1, 0.15) is 95.2 Å². The number of anilines is 1. The Morgan fingerprint density at radius 2 is 1.34 bits per heavy atom. The molecule has 0 spiro atoms. The van der Waals surface area contributed by atoms with Crippen molar-refractivity contribution in [3.8, 4) is 16.9 Å². The number of nitrogens with one attached hydrogen (secondary N) is 3. The summed E-state index contributed by atoms with van der Waals surface area (Å²) in [5.41, 5.74) is -2.02. The summed E-state index contributed by atoms with van der Waals surface area (Å²) in [5, 5.41) is 23.1. The lowest BCUT2D eigenvalue weighted by Gasteiger charge is -2.23. The standard InChI is InChI=1S/C41H59N7O12S/c1-38(2,3)56-33(51)30(60-46-31(32(49)50)29-25-61-34(44-29)45-37(54)59-41(10,11)12)24-55-28-16-14-26(15-17-28)27-22-47(20-13-18-42-35(52)57-39(4,5)6)48(23-27)21-19-43-36(53)58-40(7,8)9/h14-17,22-23,25,30H,13,18-21,24H2,1-12H3,(H3-,42,43,44,45,49,50,52,53,54)/p+1. The number of thiazole rings is 1. The van der Waals surface area contributed by atoms with Crippen molar-refractivity contribution in [1.82, 2.24) is 20.3 Å². The first-order valence-corrected chi connectivity index (χ1v) is 20.5. The van der Waals surface area contributed by atoms with Gasteiger partial charge in [0, 0.05) is 24.9 Å². The Balaban J connectivity index is 1.76. The van der Waals surface area contributed by atoms with Gasteiger partial charge in [0.05, 0.1) is 18.3 Å². The third-order valence-electron chi connectivity index (χ3n) is 7.23. The quantitative estimate of drug-likeness (QED) is 0.0293. The minimum absolute atomic E-state index is 0.0582. The van der Waals surface area contributed by atoms with Crippen LogP contribution >= 0.6 is 11.3 Å². The molecule has 61 heavy (non-hydrogen) atoms. The fraction of sp³-hybridized carbons (Fsp3) is 0.561. The Kier molecular flexibility index (Phi) is 17.1. The number of carbonyl (C=O) groups excluding carboxylic acids is 4. The number of aromatic nitrogens is 3. The molecule has 2 aromatic heterocycles. The minimum atomic E-state index is -1.50. The van der Waals surface area contributed by atoms with Gasteiger partial charge in [-0.1, -0.05) is 17.3 Å². The zero-order valence-corrected chi connectivity index (χ0v) is 37.8. The number of carboxylic acids is 1. The first kappa shape index (κ1) is 49.4. The average Bonchev–Trinajstić information content (AvgIpc) is 3.71. The van der Waals surface area contributed by atoms with Crippen LogP contribution in [-0.4, -0.2) is 98.9 Å². The van der Waals surface area contributed by atoms with Gasteiger partial charge in [0.2, 0.25) is 11.9 Å². The summed E-state index contributed by atoms with van der Waals surface area (Å²) >= 11 is 0.940. The Hall–Kier alpha value is -5.92. The maximum absolute atomic E-state index is 13.2. The number of aliphatic carboxylic acids is 1. The van der Waals surface area contributed by atoms with Gasteiger partial charge in [-0.2, -0.15) is 4.68 Å². The zero-order chi connectivity index (χ0) is 45.8. The van der Waals surface area contributed by atoms with E-state index in [1.54, 1.807) is 95.2 Å². The van der Waals surface area contributed by atoms with Crippen LogP contribution in [0.25, 0.3) is 11.1 Å². The van der Waals surface area contributed by atoms with Crippen LogP contribution in [-0.2, 0) is 46.5 Å². The van der Waals surface area contributed by atoms with Crippen LogP contribution in [0.5, 0.6) is 5.75 Å². The van der Waals surface area contributed by atoms with Gasteiger partial charge in [0.1, 0.15) is 40.5 Å². The molecule has 0 aliphatic rings. The molecular formula is C41H60N7O12S+. The first-order chi connectivity index (χ1) is 28.2. The number of rotatable bonds is 17. The molecule has 4 N–H and O–H groups in total. The van der Waals surface area contributed by atoms with E-state index in [1.807, 2.05) is 33.9 Å². The van der Waals surface area contributed by atoms with E-state index in [2.05, 4.69) is 26.1 Å². The van der Waals surface area contributed by atoms with Crippen molar-refractivity contribution < 1.29 is 62.3 Å². The first-order valence-electron chi connectivity index (χ1n) is 19.6. The van der Waals surface area contributed by atoms with Crippen molar-refractivity contribution in [3.05, 3.63) is 47.7 Å². The molecule has 1 aromatic carbocycles. The van der Waals surface area contributed by atoms with Crippen molar-refractivity contribution in [1.29, 1.82) is 0 Å². The molecule has 0 saturated carbocycles. The van der Waals surface area contributed by atoms with Crippen molar-refractivity contribution in [2.45, 2.75) is 131 Å². The molecule has 0 saturated heterocycles. The maximum Gasteiger partial charge on any atom is 0.413 e. The Labute approximate surface area is 360 Å². The molecule has 1 unspecified atom stereocenters. The van der Waals surface area contributed by atoms with E-state index in [4.69, 9.17) is 28.5 Å². The van der Waals surface area contributed by atoms with Crippen LogP contribution < -0.4 is 25.4 Å². The summed E-state index contributed by atoms with van der Waals surface area (Å²) in [6, 6.07) is 7.02. The number of nitrogens with zero attached hydrogens (tertiary/aromatic N) is 4. The minimum Gasteiger partial charge on any atom is -0.489 e. The lowest BCUT2D eigenvalue weighted by molar-refractivity contribution is -0.775. The van der Waals surface area contributed by atoms with E-state index in [0.717, 1.165) is 22.5 Å². The maximum atomic E-state index is 13.2. The number of benzene rings is 1. The van der Waals surface area contributed by atoms with Gasteiger partial charge in [-0.3, -0.25) is 5.32 Å². The number of oxime groups is 1. The summed E-state index contributed by atoms with van der Waals surface area (Å²) in [6.45, 7) is 22.0. The van der Waals surface area contributed by atoms with E-state index in [-0.39, 0.29) is 10.8 Å². The zero-order valence-electron chi connectivity index (χ0n) is 37.0. The van der Waals surface area contributed by atoms with Gasteiger partial charge in [-0.15, -0.1) is 16.0 Å². The topological polar surface area (TPSA) is 231 Å². The molecule has 19 nitrogen and oxygen atoms in total. The second kappa shape index (κ2) is 21.0. The highest BCUT2D eigenvalue weighted by Crippen LogP contribution is 2.23. The van der Waals surface area contributed by atoms with Crippen molar-refractivity contribution in [3.63, 3.8) is 0 Å². The molecule has 0 radical (unpaired) electrons. The number of hydrogen-bond donors (Lipinski definition) is 4. The smallest absolute Gasteiger partial charge is 0.413 e. The number of aryl methyl sites for hydroxylation is 1. The molecule has 336 valence electrons. The van der Waals surface area contributed by atoms with Gasteiger partial charge in [-0.05, 0) is 101 Å². The lowest BCUT2D eigenvalue weighted by atomic mass is 10.1. The van der Waals surface area contributed by atoms with Crippen LogP contribution in [0.2, 0.25) is 0 Å². The molecule has 3 rings (SSSR count). The van der Waals surface area contributed by atoms with Gasteiger partial charge in [0.15, 0.2) is 11.7 Å². The van der Waals surface area contributed by atoms with E-state index in [9.17, 15) is 29.1 Å². The number of carbonyl (C=O) groups is 5.